The Bertz CT molecular complexity index is 359. The van der Waals surface area contributed by atoms with Crippen molar-refractivity contribution in [3.63, 3.8) is 0 Å². The minimum atomic E-state index is -0.112. The van der Waals surface area contributed by atoms with Gasteiger partial charge in [-0.25, -0.2) is 0 Å². The van der Waals surface area contributed by atoms with Crippen molar-refractivity contribution in [2.75, 3.05) is 25.5 Å². The van der Waals surface area contributed by atoms with E-state index in [9.17, 15) is 4.79 Å². The summed E-state index contributed by atoms with van der Waals surface area (Å²) in [6.45, 7) is 4.12. The summed E-state index contributed by atoms with van der Waals surface area (Å²) in [5.41, 5.74) is 6.76. The van der Waals surface area contributed by atoms with Gasteiger partial charge in [0.25, 0.3) is 5.91 Å². The van der Waals surface area contributed by atoms with Crippen LogP contribution in [-0.2, 0) is 4.74 Å². The van der Waals surface area contributed by atoms with Crippen molar-refractivity contribution >= 4 is 24.0 Å². The zero-order valence-corrected chi connectivity index (χ0v) is 11.5. The maximum absolute atomic E-state index is 11.7. The second-order valence-corrected chi connectivity index (χ2v) is 3.75. The van der Waals surface area contributed by atoms with E-state index in [0.29, 0.717) is 17.8 Å². The molecular weight excluding hydrogens is 252 g/mol. The largest absolute Gasteiger partial charge is 0.398 e. The standard InChI is InChI=1S/C13H20N2O2.ClH/c1-2-17-10-6-5-9-15-13(16)11-7-3-4-8-12(11)14;/h3-4,7-8H,2,5-6,9-10,14H2,1H3,(H,15,16);1H. The highest BCUT2D eigenvalue weighted by molar-refractivity contribution is 5.98. The summed E-state index contributed by atoms with van der Waals surface area (Å²) >= 11 is 0. The van der Waals surface area contributed by atoms with Crippen LogP contribution in [0.4, 0.5) is 5.69 Å². The third-order valence-corrected chi connectivity index (χ3v) is 2.41. The normalized spacial score (nSPS) is 9.61. The number of nitrogens with two attached hydrogens (primary N) is 1. The second kappa shape index (κ2) is 9.74. The molecule has 0 spiro atoms. The van der Waals surface area contributed by atoms with Crippen molar-refractivity contribution in [2.24, 2.45) is 0 Å². The predicted molar refractivity (Wildman–Crippen MR) is 76.2 cm³/mol. The molecule has 0 unspecified atom stereocenters. The van der Waals surface area contributed by atoms with Gasteiger partial charge in [0.05, 0.1) is 5.56 Å². The Morgan fingerprint density at radius 2 is 2.06 bits per heavy atom. The van der Waals surface area contributed by atoms with E-state index in [1.807, 2.05) is 13.0 Å². The number of ether oxygens (including phenoxy) is 1. The quantitative estimate of drug-likeness (QED) is 0.591. The number of carbonyl (C=O) groups is 1. The average molecular weight is 273 g/mol. The van der Waals surface area contributed by atoms with Gasteiger partial charge in [0.15, 0.2) is 0 Å². The molecule has 1 rings (SSSR count). The molecule has 3 N–H and O–H groups in total. The van der Waals surface area contributed by atoms with Gasteiger partial charge < -0.3 is 15.8 Å². The molecule has 0 aromatic heterocycles. The number of hydrogen-bond acceptors (Lipinski definition) is 3. The van der Waals surface area contributed by atoms with E-state index >= 15 is 0 Å². The fourth-order valence-corrected chi connectivity index (χ4v) is 1.47. The molecule has 0 aliphatic heterocycles. The molecule has 4 nitrogen and oxygen atoms in total. The zero-order valence-electron chi connectivity index (χ0n) is 10.6. The Morgan fingerprint density at radius 1 is 1.33 bits per heavy atom. The molecule has 102 valence electrons. The van der Waals surface area contributed by atoms with Crippen LogP contribution in [-0.4, -0.2) is 25.7 Å². The Labute approximate surface area is 114 Å². The molecule has 18 heavy (non-hydrogen) atoms. The van der Waals surface area contributed by atoms with Crippen LogP contribution in [0.5, 0.6) is 0 Å². The number of hydrogen-bond donors (Lipinski definition) is 2. The van der Waals surface area contributed by atoms with Gasteiger partial charge in [-0.2, -0.15) is 0 Å². The third-order valence-electron chi connectivity index (χ3n) is 2.41. The SMILES string of the molecule is CCOCCCCNC(=O)c1ccccc1N.Cl. The van der Waals surface area contributed by atoms with Crippen LogP contribution >= 0.6 is 12.4 Å². The maximum atomic E-state index is 11.7. The molecule has 1 amide bonds. The van der Waals surface area contributed by atoms with E-state index in [2.05, 4.69) is 5.32 Å². The second-order valence-electron chi connectivity index (χ2n) is 3.75. The lowest BCUT2D eigenvalue weighted by atomic mass is 10.1. The van der Waals surface area contributed by atoms with E-state index < -0.39 is 0 Å². The van der Waals surface area contributed by atoms with Crippen molar-refractivity contribution in [3.05, 3.63) is 29.8 Å². The highest BCUT2D eigenvalue weighted by atomic mass is 35.5. The summed E-state index contributed by atoms with van der Waals surface area (Å²) in [4.78, 5) is 11.7. The number of anilines is 1. The number of para-hydroxylation sites is 1. The van der Waals surface area contributed by atoms with Crippen LogP contribution in [0.3, 0.4) is 0 Å². The summed E-state index contributed by atoms with van der Waals surface area (Å²) in [6, 6.07) is 7.07. The number of rotatable bonds is 7. The fourth-order valence-electron chi connectivity index (χ4n) is 1.47. The Morgan fingerprint density at radius 3 is 2.72 bits per heavy atom. The Hall–Kier alpha value is -1.26. The van der Waals surface area contributed by atoms with Crippen LogP contribution < -0.4 is 11.1 Å². The summed E-state index contributed by atoms with van der Waals surface area (Å²) < 4.78 is 5.21. The molecule has 1 aromatic rings. The fraction of sp³-hybridized carbons (Fsp3) is 0.462. The minimum absolute atomic E-state index is 0. The van der Waals surface area contributed by atoms with Gasteiger partial charge in [-0.15, -0.1) is 12.4 Å². The number of halogens is 1. The van der Waals surface area contributed by atoms with Crippen molar-refractivity contribution < 1.29 is 9.53 Å². The van der Waals surface area contributed by atoms with Crippen molar-refractivity contribution in [1.82, 2.24) is 5.32 Å². The smallest absolute Gasteiger partial charge is 0.253 e. The van der Waals surface area contributed by atoms with Crippen molar-refractivity contribution in [1.29, 1.82) is 0 Å². The van der Waals surface area contributed by atoms with E-state index in [4.69, 9.17) is 10.5 Å². The van der Waals surface area contributed by atoms with E-state index in [1.54, 1.807) is 18.2 Å². The molecule has 1 aromatic carbocycles. The molecule has 0 saturated carbocycles. The van der Waals surface area contributed by atoms with Gasteiger partial charge in [-0.1, -0.05) is 12.1 Å². The number of nitrogen functional groups attached to an aromatic ring is 1. The first-order valence-electron chi connectivity index (χ1n) is 5.96. The average Bonchev–Trinajstić information content (AvgIpc) is 2.34. The molecule has 0 saturated heterocycles. The molecular formula is C13H21ClN2O2. The van der Waals surface area contributed by atoms with Crippen LogP contribution in [0.15, 0.2) is 24.3 Å². The summed E-state index contributed by atoms with van der Waals surface area (Å²) in [6.07, 6.45) is 1.87. The van der Waals surface area contributed by atoms with Crippen molar-refractivity contribution in [3.8, 4) is 0 Å². The molecule has 5 heteroatoms. The van der Waals surface area contributed by atoms with Gasteiger partial charge in [0, 0.05) is 25.4 Å². The summed E-state index contributed by atoms with van der Waals surface area (Å²) in [5.74, 6) is -0.112. The molecule has 0 aliphatic carbocycles. The Balaban J connectivity index is 0.00000289. The molecule has 0 radical (unpaired) electrons. The van der Waals surface area contributed by atoms with Gasteiger partial charge in [0.1, 0.15) is 0 Å². The van der Waals surface area contributed by atoms with E-state index in [1.165, 1.54) is 0 Å². The first kappa shape index (κ1) is 16.7. The van der Waals surface area contributed by atoms with Gasteiger partial charge in [0.2, 0.25) is 0 Å². The number of unbranched alkanes of at least 4 members (excludes halogenated alkanes) is 1. The monoisotopic (exact) mass is 272 g/mol. The van der Waals surface area contributed by atoms with Crippen molar-refractivity contribution in [2.45, 2.75) is 19.8 Å². The highest BCUT2D eigenvalue weighted by Crippen LogP contribution is 2.09. The number of benzene rings is 1. The third kappa shape index (κ3) is 5.89. The number of carbonyl (C=O) groups excluding carboxylic acids is 1. The predicted octanol–water partition coefficient (Wildman–Crippen LogP) is 2.24. The maximum Gasteiger partial charge on any atom is 0.253 e. The number of nitrogens with one attached hydrogen (secondary N) is 1. The minimum Gasteiger partial charge on any atom is -0.398 e. The van der Waals surface area contributed by atoms with Gasteiger partial charge in [-0.3, -0.25) is 4.79 Å². The molecule has 0 bridgehead atoms. The lowest BCUT2D eigenvalue weighted by Crippen LogP contribution is -2.25. The van der Waals surface area contributed by atoms with Crippen LogP contribution in [0, 0.1) is 0 Å². The van der Waals surface area contributed by atoms with E-state index in [0.717, 1.165) is 26.1 Å². The summed E-state index contributed by atoms with van der Waals surface area (Å²) in [5, 5.41) is 2.84. The highest BCUT2D eigenvalue weighted by Gasteiger charge is 2.07. The summed E-state index contributed by atoms with van der Waals surface area (Å²) in [7, 11) is 0. The Kier molecular flexibility index (Phi) is 9.06. The lowest BCUT2D eigenvalue weighted by Gasteiger charge is -2.07. The molecule has 0 heterocycles. The van der Waals surface area contributed by atoms with E-state index in [-0.39, 0.29) is 18.3 Å². The molecule has 0 atom stereocenters. The first-order valence-corrected chi connectivity index (χ1v) is 5.96. The van der Waals surface area contributed by atoms with Crippen LogP contribution in [0.25, 0.3) is 0 Å². The topological polar surface area (TPSA) is 64.3 Å². The van der Waals surface area contributed by atoms with Gasteiger partial charge in [-0.05, 0) is 31.9 Å². The lowest BCUT2D eigenvalue weighted by molar-refractivity contribution is 0.0950. The first-order chi connectivity index (χ1) is 8.25. The zero-order chi connectivity index (χ0) is 12.5. The molecule has 0 aliphatic rings. The molecule has 0 fully saturated rings. The number of amides is 1. The van der Waals surface area contributed by atoms with Gasteiger partial charge >= 0.3 is 0 Å². The van der Waals surface area contributed by atoms with Crippen LogP contribution in [0.2, 0.25) is 0 Å². The van der Waals surface area contributed by atoms with Crippen LogP contribution in [0.1, 0.15) is 30.1 Å².